The Balaban J connectivity index is 0.541. The molecule has 131 heavy (non-hydrogen) atoms. The zero-order valence-electron chi connectivity index (χ0n) is 72.6. The van der Waals surface area contributed by atoms with Gasteiger partial charge >= 0.3 is 0 Å². The smallest absolute Gasteiger partial charge is 0.0547 e. The Morgan fingerprint density at radius 2 is 0.458 bits per heavy atom. The molecule has 0 aliphatic heterocycles. The van der Waals surface area contributed by atoms with Crippen molar-refractivity contribution in [3.05, 3.63) is 515 Å². The molecular formula is C124H89N7. The van der Waals surface area contributed by atoms with E-state index in [0.29, 0.717) is 0 Å². The van der Waals surface area contributed by atoms with E-state index in [1.807, 2.05) is 0 Å². The lowest BCUT2D eigenvalue weighted by atomic mass is 9.96. The van der Waals surface area contributed by atoms with Gasteiger partial charge in [-0.1, -0.05) is 291 Å². The third kappa shape index (κ3) is 14.8. The Bertz CT molecular complexity index is 8000. The minimum Gasteiger partial charge on any atom is -0.310 e. The van der Waals surface area contributed by atoms with Gasteiger partial charge in [-0.3, -0.25) is 0 Å². The Labute approximate surface area is 763 Å². The molecule has 21 aromatic carbocycles. The highest BCUT2D eigenvalue weighted by molar-refractivity contribution is 6.17. The molecule has 0 spiro atoms. The second-order valence-electron chi connectivity index (χ2n) is 33.8. The van der Waals surface area contributed by atoms with Crippen LogP contribution >= 0.6 is 0 Å². The molecule has 0 bridgehead atoms. The van der Waals surface area contributed by atoms with E-state index in [1.54, 1.807) is 0 Å². The molecule has 0 aliphatic rings. The average molecular weight is 1680 g/mol. The van der Waals surface area contributed by atoms with Gasteiger partial charge in [-0.05, 0) is 293 Å². The molecule has 2 heterocycles. The second-order valence-corrected chi connectivity index (χ2v) is 33.8. The number of hydrogen-bond donors (Lipinski definition) is 0. The quantitative estimate of drug-likeness (QED) is 0.0714. The fourth-order valence-corrected chi connectivity index (χ4v) is 19.6. The molecule has 0 aliphatic carbocycles. The van der Waals surface area contributed by atoms with Crippen molar-refractivity contribution in [2.75, 3.05) is 24.5 Å². The lowest BCUT2D eigenvalue weighted by Gasteiger charge is -2.33. The van der Waals surface area contributed by atoms with Gasteiger partial charge in [-0.25, -0.2) is 0 Å². The molecule has 23 aromatic rings. The summed E-state index contributed by atoms with van der Waals surface area (Å²) in [7, 11) is 0. The first-order valence-electron chi connectivity index (χ1n) is 44.9. The normalized spacial score (nSPS) is 11.4. The summed E-state index contributed by atoms with van der Waals surface area (Å²) in [6.07, 6.45) is 0. The molecule has 0 atom stereocenters. The van der Waals surface area contributed by atoms with Crippen LogP contribution in [-0.4, -0.2) is 9.13 Å². The van der Waals surface area contributed by atoms with Crippen LogP contribution in [0, 0.1) is 13.8 Å². The Morgan fingerprint density at radius 1 is 0.160 bits per heavy atom. The summed E-state index contributed by atoms with van der Waals surface area (Å²) in [6.45, 7) is 4.33. The van der Waals surface area contributed by atoms with Crippen LogP contribution in [0.4, 0.5) is 85.3 Å². The van der Waals surface area contributed by atoms with Gasteiger partial charge in [0.25, 0.3) is 0 Å². The third-order valence-electron chi connectivity index (χ3n) is 25.6. The first-order valence-corrected chi connectivity index (χ1v) is 44.9. The molecule has 0 fully saturated rings. The molecule has 0 saturated heterocycles. The van der Waals surface area contributed by atoms with E-state index in [1.165, 1.54) is 77.0 Å². The SMILES string of the molecule is Cc1cccc(N(c2ccccc2)c2cc(N(c3ccccc3)c3cccc(C)c3)cc(N(c3ccccc3)c3cccc(-c4ccc5c(N(c6ccccc6)c6ccc(-c7ccc(N(c8ccccc8)c8cccc9cc(-c%10cccc%11c%10c%10ccccc%10n%11-c%10ccc(-c%11ccc(-n%12c%13ccccc%13c%13ccccc%13%12)cc%11)cc%10)ccc89)cc7)cc6)cccc5c4)c3)c2)c1. The number of para-hydroxylation sites is 8. The lowest BCUT2D eigenvalue weighted by molar-refractivity contribution is 1.18. The zero-order chi connectivity index (χ0) is 87.2. The molecule has 7 nitrogen and oxygen atoms in total. The number of nitrogens with zero attached hydrogens (tertiary/aromatic N) is 7. The number of hydrogen-bond acceptors (Lipinski definition) is 5. The van der Waals surface area contributed by atoms with E-state index in [2.05, 4.69) is 551 Å². The summed E-state index contributed by atoms with van der Waals surface area (Å²) in [5.74, 6) is 0. The van der Waals surface area contributed by atoms with Gasteiger partial charge in [0.15, 0.2) is 0 Å². The van der Waals surface area contributed by atoms with Gasteiger partial charge in [0.05, 0.1) is 50.5 Å². The van der Waals surface area contributed by atoms with Crippen molar-refractivity contribution in [2.24, 2.45) is 0 Å². The third-order valence-corrected chi connectivity index (χ3v) is 25.6. The van der Waals surface area contributed by atoms with Crippen LogP contribution in [0.1, 0.15) is 11.1 Å². The van der Waals surface area contributed by atoms with E-state index in [-0.39, 0.29) is 0 Å². The van der Waals surface area contributed by atoms with Gasteiger partial charge in [0.1, 0.15) is 0 Å². The molecule has 0 amide bonds. The largest absolute Gasteiger partial charge is 0.310 e. The zero-order valence-corrected chi connectivity index (χ0v) is 72.6. The van der Waals surface area contributed by atoms with Crippen molar-refractivity contribution < 1.29 is 0 Å². The predicted molar refractivity (Wildman–Crippen MR) is 555 cm³/mol. The van der Waals surface area contributed by atoms with Crippen LogP contribution in [0.15, 0.2) is 504 Å². The van der Waals surface area contributed by atoms with Gasteiger partial charge < -0.3 is 33.6 Å². The van der Waals surface area contributed by atoms with Crippen molar-refractivity contribution in [2.45, 2.75) is 13.8 Å². The van der Waals surface area contributed by atoms with E-state index in [4.69, 9.17) is 0 Å². The van der Waals surface area contributed by atoms with Crippen molar-refractivity contribution in [3.63, 3.8) is 0 Å². The van der Waals surface area contributed by atoms with Crippen LogP contribution in [0.2, 0.25) is 0 Å². The van der Waals surface area contributed by atoms with Gasteiger partial charge in [0.2, 0.25) is 0 Å². The monoisotopic (exact) mass is 1680 g/mol. The Morgan fingerprint density at radius 3 is 0.885 bits per heavy atom. The maximum atomic E-state index is 2.43. The number of anilines is 15. The fraction of sp³-hybridized carbons (Fsp3) is 0.0161. The standard InChI is InChI=1S/C124H89N7/c1-86-30-24-45-106(78-86)125(97-35-8-3-9-36-97)109-83-110(126(98-37-10-4-11-38-98)107-46-25-31-87(2)79-107)85-111(84-109)127(99-39-12-5-13-40-99)108-47-26-32-92(82-108)93-66-76-112-94(80-93)33-27-55-118(112)128(100-41-14-6-15-42-100)102-68-58-88(59-69-102)89-60-70-103(71-61-89)129(101-43-16-7-17-44-101)119-56-28-34-95-81-96(67-77-113(95)119)114-51-29-57-123-124(114)117-50-20-23-54-122(117)131(123)105-74-64-91(65-75-105)90-62-72-104(73-63-90)130-120-52-21-18-48-115(120)116-49-19-22-53-121(116)130/h3-85H,1-2H3. The van der Waals surface area contributed by atoms with E-state index in [0.717, 1.165) is 140 Å². The first kappa shape index (κ1) is 78.5. The molecule has 0 radical (unpaired) electrons. The second kappa shape index (κ2) is 33.9. The van der Waals surface area contributed by atoms with Gasteiger partial charge in [-0.2, -0.15) is 0 Å². The molecule has 23 rings (SSSR count). The highest BCUT2D eigenvalue weighted by Gasteiger charge is 2.27. The van der Waals surface area contributed by atoms with Crippen molar-refractivity contribution in [3.8, 4) is 55.9 Å². The van der Waals surface area contributed by atoms with Crippen LogP contribution < -0.4 is 24.5 Å². The molecule has 0 N–H and O–H groups in total. The number of fused-ring (bicyclic) bond motifs is 8. The topological polar surface area (TPSA) is 26.1 Å². The van der Waals surface area contributed by atoms with Crippen LogP contribution in [0.25, 0.3) is 121 Å². The van der Waals surface area contributed by atoms with Crippen LogP contribution in [-0.2, 0) is 0 Å². The summed E-state index contributed by atoms with van der Waals surface area (Å²) >= 11 is 0. The minimum atomic E-state index is 0.999. The van der Waals surface area contributed by atoms with Gasteiger partial charge in [0, 0.05) is 101 Å². The van der Waals surface area contributed by atoms with E-state index >= 15 is 0 Å². The van der Waals surface area contributed by atoms with Crippen molar-refractivity contribution >= 4 is 150 Å². The Hall–Kier alpha value is -17.3. The highest BCUT2D eigenvalue weighted by atomic mass is 15.2. The summed E-state index contributed by atoms with van der Waals surface area (Å²) in [6, 6.07) is 184. The summed E-state index contributed by atoms with van der Waals surface area (Å²) in [5.41, 5.74) is 34.3. The van der Waals surface area contributed by atoms with Crippen LogP contribution in [0.3, 0.4) is 0 Å². The van der Waals surface area contributed by atoms with Crippen molar-refractivity contribution in [1.29, 1.82) is 0 Å². The first-order chi connectivity index (χ1) is 64.8. The predicted octanol–water partition coefficient (Wildman–Crippen LogP) is 34.8. The molecular weight excluding hydrogens is 1590 g/mol. The number of benzene rings is 21. The fourth-order valence-electron chi connectivity index (χ4n) is 19.6. The minimum absolute atomic E-state index is 0.999. The number of rotatable bonds is 21. The molecule has 0 unspecified atom stereocenters. The van der Waals surface area contributed by atoms with Crippen molar-refractivity contribution in [1.82, 2.24) is 9.13 Å². The molecule has 7 heteroatoms. The van der Waals surface area contributed by atoms with Gasteiger partial charge in [-0.15, -0.1) is 0 Å². The van der Waals surface area contributed by atoms with E-state index < -0.39 is 0 Å². The van der Waals surface area contributed by atoms with E-state index in [9.17, 15) is 0 Å². The maximum absolute atomic E-state index is 2.43. The summed E-state index contributed by atoms with van der Waals surface area (Å²) in [4.78, 5) is 12.0. The molecule has 620 valence electrons. The highest BCUT2D eigenvalue weighted by Crippen LogP contribution is 2.50. The summed E-state index contributed by atoms with van der Waals surface area (Å²) in [5, 5.41) is 9.57. The summed E-state index contributed by atoms with van der Waals surface area (Å²) < 4.78 is 4.80. The number of aromatic nitrogens is 2. The maximum Gasteiger partial charge on any atom is 0.0547 e. The van der Waals surface area contributed by atoms with Crippen LogP contribution in [0.5, 0.6) is 0 Å². The number of aryl methyl sites for hydroxylation is 2. The Kier molecular flexibility index (Phi) is 20.3. The lowest BCUT2D eigenvalue weighted by Crippen LogP contribution is -2.16. The average Bonchev–Trinajstić information content (AvgIpc) is 1.55. The molecule has 2 aromatic heterocycles. The molecule has 0 saturated carbocycles.